The first-order chi connectivity index (χ1) is 8.06. The van der Waals surface area contributed by atoms with Crippen molar-refractivity contribution in [3.63, 3.8) is 0 Å². The Morgan fingerprint density at radius 1 is 1.59 bits per heavy atom. The van der Waals surface area contributed by atoms with E-state index in [0.717, 1.165) is 0 Å². The third kappa shape index (κ3) is 3.57. The topological polar surface area (TPSA) is 72.2 Å². The first-order valence-corrected chi connectivity index (χ1v) is 5.51. The molecule has 88 valence electrons. The van der Waals surface area contributed by atoms with E-state index in [1.807, 2.05) is 0 Å². The van der Waals surface area contributed by atoms with Gasteiger partial charge < -0.3 is 5.32 Å². The molecule has 0 heterocycles. The Balaban J connectivity index is 2.89. The van der Waals surface area contributed by atoms with Crippen LogP contribution in [0, 0.1) is 22.5 Å². The smallest absolute Gasteiger partial charge is 0.270 e. The van der Waals surface area contributed by atoms with Gasteiger partial charge in [-0.25, -0.2) is 0 Å². The largest absolute Gasteiger partial charge is 0.351 e. The van der Waals surface area contributed by atoms with E-state index < -0.39 is 10.8 Å². The summed E-state index contributed by atoms with van der Waals surface area (Å²) in [7, 11) is 0. The van der Waals surface area contributed by atoms with Gasteiger partial charge in [0.1, 0.15) is 0 Å². The molecule has 0 unspecified atom stereocenters. The van der Waals surface area contributed by atoms with E-state index in [4.69, 9.17) is 6.42 Å². The van der Waals surface area contributed by atoms with Gasteiger partial charge in [0.25, 0.3) is 11.6 Å². The summed E-state index contributed by atoms with van der Waals surface area (Å²) in [5, 5.41) is 13.2. The Kier molecular flexibility index (Phi) is 4.67. The van der Waals surface area contributed by atoms with Crippen LogP contribution in [0.1, 0.15) is 16.8 Å². The molecule has 5 nitrogen and oxygen atoms in total. The molecule has 0 radical (unpaired) electrons. The minimum absolute atomic E-state index is 0.129. The minimum Gasteiger partial charge on any atom is -0.351 e. The molecule has 17 heavy (non-hydrogen) atoms. The summed E-state index contributed by atoms with van der Waals surface area (Å²) < 4.78 is 0.501. The maximum absolute atomic E-state index is 11.7. The molecule has 0 bridgehead atoms. The number of terminal acetylenes is 1. The highest BCUT2D eigenvalue weighted by Crippen LogP contribution is 2.22. The maximum atomic E-state index is 11.7. The van der Waals surface area contributed by atoms with E-state index in [0.29, 0.717) is 17.4 Å². The van der Waals surface area contributed by atoms with Gasteiger partial charge in [-0.15, -0.1) is 12.3 Å². The predicted molar refractivity (Wildman–Crippen MR) is 66.6 cm³/mol. The first-order valence-electron chi connectivity index (χ1n) is 4.72. The number of hydrogen-bond donors (Lipinski definition) is 1. The van der Waals surface area contributed by atoms with E-state index >= 15 is 0 Å². The summed E-state index contributed by atoms with van der Waals surface area (Å²) >= 11 is 3.17. The van der Waals surface area contributed by atoms with Crippen LogP contribution in [0.5, 0.6) is 0 Å². The van der Waals surface area contributed by atoms with Gasteiger partial charge in [-0.2, -0.15) is 0 Å². The van der Waals surface area contributed by atoms with Gasteiger partial charge in [-0.3, -0.25) is 14.9 Å². The summed E-state index contributed by atoms with van der Waals surface area (Å²) in [6.07, 6.45) is 5.46. The average Bonchev–Trinajstić information content (AvgIpc) is 2.29. The average molecular weight is 297 g/mol. The Bertz CT molecular complexity index is 494. The number of benzene rings is 1. The highest BCUT2D eigenvalue weighted by Gasteiger charge is 2.14. The number of nitro benzene ring substituents is 1. The fraction of sp³-hybridized carbons (Fsp3) is 0.182. The van der Waals surface area contributed by atoms with E-state index in [1.165, 1.54) is 18.2 Å². The van der Waals surface area contributed by atoms with Crippen molar-refractivity contribution in [2.45, 2.75) is 6.42 Å². The summed E-state index contributed by atoms with van der Waals surface area (Å²) in [4.78, 5) is 21.7. The van der Waals surface area contributed by atoms with Gasteiger partial charge in [0.2, 0.25) is 0 Å². The van der Waals surface area contributed by atoms with Crippen molar-refractivity contribution in [1.82, 2.24) is 5.32 Å². The number of carbonyl (C=O) groups excluding carboxylic acids is 1. The number of carbonyl (C=O) groups is 1. The standard InChI is InChI=1S/C11H9BrN2O3/c1-2-3-6-13-11(15)9-7-8(14(16)17)4-5-10(9)12/h1,4-5,7H,3,6H2,(H,13,15). The Morgan fingerprint density at radius 2 is 2.29 bits per heavy atom. The van der Waals surface area contributed by atoms with E-state index in [2.05, 4.69) is 27.2 Å². The monoisotopic (exact) mass is 296 g/mol. The number of halogens is 1. The fourth-order valence-electron chi connectivity index (χ4n) is 1.14. The summed E-state index contributed by atoms with van der Waals surface area (Å²) in [5.41, 5.74) is 0.0894. The molecule has 1 N–H and O–H groups in total. The van der Waals surface area contributed by atoms with Crippen molar-refractivity contribution < 1.29 is 9.72 Å². The van der Waals surface area contributed by atoms with Crippen molar-refractivity contribution in [2.24, 2.45) is 0 Å². The van der Waals surface area contributed by atoms with E-state index in [1.54, 1.807) is 0 Å². The second-order valence-corrected chi connectivity index (χ2v) is 3.99. The van der Waals surface area contributed by atoms with Crippen molar-refractivity contribution in [2.75, 3.05) is 6.54 Å². The third-order valence-electron chi connectivity index (χ3n) is 1.96. The molecule has 1 rings (SSSR count). The highest BCUT2D eigenvalue weighted by molar-refractivity contribution is 9.10. The molecule has 0 aromatic heterocycles. The minimum atomic E-state index is -0.551. The lowest BCUT2D eigenvalue weighted by atomic mass is 10.2. The SMILES string of the molecule is C#CCCNC(=O)c1cc([N+](=O)[O-])ccc1Br. The molecule has 1 aromatic rings. The van der Waals surface area contributed by atoms with Crippen LogP contribution in [0.2, 0.25) is 0 Å². The van der Waals surface area contributed by atoms with E-state index in [9.17, 15) is 14.9 Å². The second kappa shape index (κ2) is 6.01. The molecule has 1 aromatic carbocycles. The van der Waals surface area contributed by atoms with Crippen molar-refractivity contribution in [3.05, 3.63) is 38.3 Å². The molecule has 0 spiro atoms. The first kappa shape index (κ1) is 13.2. The third-order valence-corrected chi connectivity index (χ3v) is 2.65. The van der Waals surface area contributed by atoms with Gasteiger partial charge in [-0.05, 0) is 22.0 Å². The van der Waals surface area contributed by atoms with Gasteiger partial charge in [0, 0.05) is 29.6 Å². The zero-order valence-corrected chi connectivity index (χ0v) is 10.4. The van der Waals surface area contributed by atoms with Crippen LogP contribution in [0.3, 0.4) is 0 Å². The van der Waals surface area contributed by atoms with Gasteiger partial charge in [-0.1, -0.05) is 0 Å². The van der Waals surface area contributed by atoms with Crippen LogP contribution in [-0.2, 0) is 0 Å². The van der Waals surface area contributed by atoms with Gasteiger partial charge in [0.05, 0.1) is 10.5 Å². The molecule has 6 heteroatoms. The van der Waals surface area contributed by atoms with Crippen molar-refractivity contribution >= 4 is 27.5 Å². The van der Waals surface area contributed by atoms with Crippen LogP contribution in [0.25, 0.3) is 0 Å². The van der Waals surface area contributed by atoms with Crippen molar-refractivity contribution in [1.29, 1.82) is 0 Å². The number of rotatable bonds is 4. The summed E-state index contributed by atoms with van der Waals surface area (Å²) in [6, 6.07) is 4.01. The van der Waals surface area contributed by atoms with Crippen LogP contribution >= 0.6 is 15.9 Å². The lowest BCUT2D eigenvalue weighted by Gasteiger charge is -2.05. The lowest BCUT2D eigenvalue weighted by Crippen LogP contribution is -2.24. The normalized spacial score (nSPS) is 9.41. The van der Waals surface area contributed by atoms with Crippen LogP contribution in [-0.4, -0.2) is 17.4 Å². The zero-order valence-electron chi connectivity index (χ0n) is 8.77. The molecular formula is C11H9BrN2O3. The number of nitrogens with zero attached hydrogens (tertiary/aromatic N) is 1. The zero-order chi connectivity index (χ0) is 12.8. The van der Waals surface area contributed by atoms with Crippen molar-refractivity contribution in [3.8, 4) is 12.3 Å². The van der Waals surface area contributed by atoms with Gasteiger partial charge in [0.15, 0.2) is 0 Å². The maximum Gasteiger partial charge on any atom is 0.270 e. The van der Waals surface area contributed by atoms with Gasteiger partial charge >= 0.3 is 0 Å². The Morgan fingerprint density at radius 3 is 2.88 bits per heavy atom. The number of hydrogen-bond acceptors (Lipinski definition) is 3. The number of non-ortho nitro benzene ring substituents is 1. The molecule has 0 aliphatic rings. The molecule has 0 fully saturated rings. The molecule has 0 aliphatic heterocycles. The molecule has 0 aliphatic carbocycles. The Hall–Kier alpha value is -1.87. The number of nitro groups is 1. The van der Waals surface area contributed by atoms with E-state index in [-0.39, 0.29) is 11.3 Å². The molecular weight excluding hydrogens is 288 g/mol. The highest BCUT2D eigenvalue weighted by atomic mass is 79.9. The predicted octanol–water partition coefficient (Wildman–Crippen LogP) is 2.11. The summed E-state index contributed by atoms with van der Waals surface area (Å²) in [5.74, 6) is 1.99. The number of amides is 1. The quantitative estimate of drug-likeness (QED) is 0.400. The van der Waals surface area contributed by atoms with Crippen LogP contribution < -0.4 is 5.32 Å². The fourth-order valence-corrected chi connectivity index (χ4v) is 1.57. The molecule has 0 atom stereocenters. The second-order valence-electron chi connectivity index (χ2n) is 3.13. The Labute approximate surface area is 106 Å². The molecule has 1 amide bonds. The van der Waals surface area contributed by atoms with Crippen LogP contribution in [0.15, 0.2) is 22.7 Å². The summed E-state index contributed by atoms with van der Waals surface area (Å²) in [6.45, 7) is 0.338. The lowest BCUT2D eigenvalue weighted by molar-refractivity contribution is -0.384. The molecule has 0 saturated carbocycles. The van der Waals surface area contributed by atoms with Crippen LogP contribution in [0.4, 0.5) is 5.69 Å². The number of nitrogens with one attached hydrogen (secondary N) is 1. The molecule has 0 saturated heterocycles.